The molecule has 0 radical (unpaired) electrons. The van der Waals surface area contributed by atoms with E-state index in [1.54, 1.807) is 0 Å². The Kier molecular flexibility index (Phi) is 3.77. The molecule has 1 aliphatic carbocycles. The van der Waals surface area contributed by atoms with E-state index in [4.69, 9.17) is 17.3 Å². The molecule has 1 aliphatic rings. The predicted octanol–water partition coefficient (Wildman–Crippen LogP) is 2.48. The van der Waals surface area contributed by atoms with Crippen LogP contribution in [0.5, 0.6) is 0 Å². The summed E-state index contributed by atoms with van der Waals surface area (Å²) in [5, 5.41) is -0.151. The fourth-order valence-electron chi connectivity index (χ4n) is 1.99. The average molecular weight is 307 g/mol. The first-order valence-electron chi connectivity index (χ1n) is 5.97. The van der Waals surface area contributed by atoms with Crippen LogP contribution >= 0.6 is 11.6 Å². The van der Waals surface area contributed by atoms with Crippen LogP contribution in [-0.2, 0) is 10.0 Å². The van der Waals surface area contributed by atoms with E-state index in [1.807, 2.05) is 6.92 Å². The van der Waals surface area contributed by atoms with Crippen molar-refractivity contribution in [1.29, 1.82) is 0 Å². The van der Waals surface area contributed by atoms with Gasteiger partial charge in [-0.3, -0.25) is 0 Å². The van der Waals surface area contributed by atoms with Crippen molar-refractivity contribution < 1.29 is 12.8 Å². The van der Waals surface area contributed by atoms with Crippen LogP contribution in [0.15, 0.2) is 17.0 Å². The van der Waals surface area contributed by atoms with Crippen LogP contribution in [0.25, 0.3) is 0 Å². The number of nitrogens with zero attached hydrogens (tertiary/aromatic N) is 1. The molecule has 0 heterocycles. The van der Waals surface area contributed by atoms with Crippen molar-refractivity contribution in [3.8, 4) is 0 Å². The van der Waals surface area contributed by atoms with Crippen molar-refractivity contribution in [2.75, 3.05) is 12.8 Å². The number of nitrogens with two attached hydrogens (primary N) is 1. The van der Waals surface area contributed by atoms with E-state index in [9.17, 15) is 12.8 Å². The van der Waals surface area contributed by atoms with Crippen LogP contribution in [0.3, 0.4) is 0 Å². The first-order chi connectivity index (χ1) is 8.75. The number of anilines is 1. The fourth-order valence-corrected chi connectivity index (χ4v) is 3.94. The predicted molar refractivity (Wildman–Crippen MR) is 73.0 cm³/mol. The Labute approximate surface area is 117 Å². The highest BCUT2D eigenvalue weighted by Gasteiger charge is 2.36. The highest BCUT2D eigenvalue weighted by atomic mass is 35.5. The molecule has 1 atom stereocenters. The van der Waals surface area contributed by atoms with E-state index in [0.29, 0.717) is 5.92 Å². The highest BCUT2D eigenvalue weighted by Crippen LogP contribution is 2.37. The second-order valence-electron chi connectivity index (χ2n) is 4.90. The van der Waals surface area contributed by atoms with Gasteiger partial charge < -0.3 is 5.73 Å². The Bertz CT molecular complexity index is 602. The van der Waals surface area contributed by atoms with Crippen LogP contribution in [-0.4, -0.2) is 25.8 Å². The van der Waals surface area contributed by atoms with Gasteiger partial charge in [-0.2, -0.15) is 4.31 Å². The van der Waals surface area contributed by atoms with Crippen molar-refractivity contribution in [2.45, 2.75) is 30.7 Å². The monoisotopic (exact) mass is 306 g/mol. The molecule has 1 aromatic carbocycles. The van der Waals surface area contributed by atoms with Gasteiger partial charge in [-0.15, -0.1) is 0 Å². The van der Waals surface area contributed by atoms with Gasteiger partial charge in [-0.25, -0.2) is 12.8 Å². The number of hydrogen-bond donors (Lipinski definition) is 1. The molecule has 0 saturated heterocycles. The largest absolute Gasteiger partial charge is 0.396 e. The summed E-state index contributed by atoms with van der Waals surface area (Å²) in [4.78, 5) is -0.150. The van der Waals surface area contributed by atoms with Crippen LogP contribution in [0.1, 0.15) is 19.8 Å². The summed E-state index contributed by atoms with van der Waals surface area (Å²) in [6.07, 6.45) is 2.06. The van der Waals surface area contributed by atoms with Crippen LogP contribution in [0.4, 0.5) is 10.1 Å². The molecule has 4 nitrogen and oxygen atoms in total. The van der Waals surface area contributed by atoms with Crippen molar-refractivity contribution in [1.82, 2.24) is 4.31 Å². The Morgan fingerprint density at radius 1 is 1.47 bits per heavy atom. The van der Waals surface area contributed by atoms with Gasteiger partial charge in [0.1, 0.15) is 10.7 Å². The maximum atomic E-state index is 13.2. The zero-order valence-electron chi connectivity index (χ0n) is 10.7. The minimum Gasteiger partial charge on any atom is -0.396 e. The Balaban J connectivity index is 2.41. The standard InChI is InChI=1S/C12H16ClFN2O2S/c1-7(8-3-4-8)16(2)19(17,18)12-6-11(15)10(14)5-9(12)13/h5-8H,3-4,15H2,1-2H3. The van der Waals surface area contributed by atoms with Crippen LogP contribution in [0, 0.1) is 11.7 Å². The van der Waals surface area contributed by atoms with Gasteiger partial charge in [0.2, 0.25) is 10.0 Å². The molecule has 1 saturated carbocycles. The third kappa shape index (κ3) is 2.70. The van der Waals surface area contributed by atoms with E-state index < -0.39 is 15.8 Å². The molecule has 0 spiro atoms. The highest BCUT2D eigenvalue weighted by molar-refractivity contribution is 7.89. The van der Waals surface area contributed by atoms with Gasteiger partial charge in [0, 0.05) is 13.1 Å². The number of sulfonamides is 1. The summed E-state index contributed by atoms with van der Waals surface area (Å²) in [6.45, 7) is 1.86. The first kappa shape index (κ1) is 14.6. The Hall–Kier alpha value is -0.850. The molecular formula is C12H16ClFN2O2S. The molecule has 1 fully saturated rings. The van der Waals surface area contributed by atoms with E-state index in [0.717, 1.165) is 25.0 Å². The molecule has 0 aromatic heterocycles. The lowest BCUT2D eigenvalue weighted by molar-refractivity contribution is 0.357. The topological polar surface area (TPSA) is 63.4 Å². The summed E-state index contributed by atoms with van der Waals surface area (Å²) >= 11 is 5.83. The van der Waals surface area contributed by atoms with Crippen molar-refractivity contribution in [3.63, 3.8) is 0 Å². The Morgan fingerprint density at radius 3 is 2.58 bits per heavy atom. The zero-order valence-corrected chi connectivity index (χ0v) is 12.3. The van der Waals surface area contributed by atoms with Crippen LogP contribution < -0.4 is 5.73 Å². The smallest absolute Gasteiger partial charge is 0.244 e. The lowest BCUT2D eigenvalue weighted by Gasteiger charge is -2.24. The van der Waals surface area contributed by atoms with Gasteiger partial charge in [0.05, 0.1) is 10.7 Å². The fraction of sp³-hybridized carbons (Fsp3) is 0.500. The number of nitrogen functional groups attached to an aromatic ring is 1. The Morgan fingerprint density at radius 2 is 2.05 bits per heavy atom. The quantitative estimate of drug-likeness (QED) is 0.869. The summed E-state index contributed by atoms with van der Waals surface area (Å²) < 4.78 is 39.4. The molecular weight excluding hydrogens is 291 g/mol. The zero-order chi connectivity index (χ0) is 14.4. The molecule has 0 bridgehead atoms. The van der Waals surface area contributed by atoms with Gasteiger partial charge in [0.15, 0.2) is 0 Å². The number of rotatable bonds is 4. The number of halogens is 2. The van der Waals surface area contributed by atoms with Gasteiger partial charge in [-0.1, -0.05) is 11.6 Å². The molecule has 106 valence electrons. The van der Waals surface area contributed by atoms with Gasteiger partial charge in [0.25, 0.3) is 0 Å². The minimum atomic E-state index is -3.76. The molecule has 2 N–H and O–H groups in total. The van der Waals surface area contributed by atoms with Crippen molar-refractivity contribution in [3.05, 3.63) is 23.0 Å². The molecule has 1 aromatic rings. The maximum Gasteiger partial charge on any atom is 0.244 e. The summed E-state index contributed by atoms with van der Waals surface area (Å²) in [5.74, 6) is -0.335. The lowest BCUT2D eigenvalue weighted by atomic mass is 10.2. The second kappa shape index (κ2) is 4.92. The van der Waals surface area contributed by atoms with Gasteiger partial charge in [-0.05, 0) is 37.8 Å². The third-order valence-electron chi connectivity index (χ3n) is 3.59. The average Bonchev–Trinajstić information content (AvgIpc) is 3.15. The lowest BCUT2D eigenvalue weighted by Crippen LogP contribution is -2.36. The molecule has 1 unspecified atom stereocenters. The van der Waals surface area contributed by atoms with E-state index in [-0.39, 0.29) is 21.6 Å². The first-order valence-corrected chi connectivity index (χ1v) is 7.79. The molecule has 0 amide bonds. The molecule has 7 heteroatoms. The van der Waals surface area contributed by atoms with Crippen molar-refractivity contribution >= 4 is 27.3 Å². The normalized spacial score (nSPS) is 17.7. The summed E-state index contributed by atoms with van der Waals surface area (Å²) in [6, 6.07) is 1.90. The number of benzene rings is 1. The summed E-state index contributed by atoms with van der Waals surface area (Å²) in [5.41, 5.74) is 5.19. The molecule has 2 rings (SSSR count). The molecule has 0 aliphatic heterocycles. The maximum absolute atomic E-state index is 13.2. The summed E-state index contributed by atoms with van der Waals surface area (Å²) in [7, 11) is -2.25. The van der Waals surface area contributed by atoms with Gasteiger partial charge >= 0.3 is 0 Å². The van der Waals surface area contributed by atoms with Crippen LogP contribution in [0.2, 0.25) is 5.02 Å². The van der Waals surface area contributed by atoms with E-state index in [1.165, 1.54) is 11.4 Å². The minimum absolute atomic E-state index is 0.104. The number of hydrogen-bond acceptors (Lipinski definition) is 3. The van der Waals surface area contributed by atoms with E-state index >= 15 is 0 Å². The third-order valence-corrected chi connectivity index (χ3v) is 6.00. The van der Waals surface area contributed by atoms with E-state index in [2.05, 4.69) is 0 Å². The molecule has 19 heavy (non-hydrogen) atoms. The second-order valence-corrected chi connectivity index (χ2v) is 7.28. The van der Waals surface area contributed by atoms with Crippen molar-refractivity contribution in [2.24, 2.45) is 5.92 Å². The SMILES string of the molecule is CC(C1CC1)N(C)S(=O)(=O)c1cc(N)c(F)cc1Cl.